The quantitative estimate of drug-likeness (QED) is 0.227. The number of ether oxygens (including phenoxy) is 1. The smallest absolute Gasteiger partial charge is 0.192 e. The van der Waals surface area contributed by atoms with Gasteiger partial charge in [0, 0.05) is 13.2 Å². The van der Waals surface area contributed by atoms with Crippen LogP contribution in [0.1, 0.15) is 68.5 Å². The van der Waals surface area contributed by atoms with Crippen LogP contribution in [0.25, 0.3) is 22.6 Å². The first kappa shape index (κ1) is 36.9. The minimum absolute atomic E-state index is 0.0144. The van der Waals surface area contributed by atoms with E-state index in [1.165, 1.54) is 0 Å². The van der Waals surface area contributed by atoms with Crippen LogP contribution in [0, 0.1) is 0 Å². The first-order valence-electron chi connectivity index (χ1n) is 16.4. The van der Waals surface area contributed by atoms with Gasteiger partial charge in [-0.3, -0.25) is 9.25 Å². The Morgan fingerprint density at radius 3 is 1.87 bits per heavy atom. The SMILES string of the molecule is Cn1cc(-c2nc(N)c3ncn(C4O[C@H](CO[Si](C)(C)C(C)(C)C)[C@@H](O[Si](C)(C)C(C)(C)C)[C@H]4O[Si](C)(C)C(C)(C)C)c3n2)cn1. The molecule has 0 bridgehead atoms. The molecular weight excluding hydrogens is 631 g/mol. The van der Waals surface area contributed by atoms with Gasteiger partial charge in [-0.2, -0.15) is 5.10 Å². The maximum absolute atomic E-state index is 7.33. The third-order valence-electron chi connectivity index (χ3n) is 10.9. The van der Waals surface area contributed by atoms with Gasteiger partial charge in [0.25, 0.3) is 0 Å². The average Bonchev–Trinajstić information content (AvgIpc) is 3.58. The van der Waals surface area contributed by atoms with Crippen LogP contribution in [0.2, 0.25) is 54.4 Å². The molecule has 46 heavy (non-hydrogen) atoms. The molecule has 4 atom stereocenters. The van der Waals surface area contributed by atoms with Crippen molar-refractivity contribution in [3.63, 3.8) is 0 Å². The number of nitrogens with zero attached hydrogens (tertiary/aromatic N) is 6. The van der Waals surface area contributed by atoms with E-state index in [1.54, 1.807) is 17.2 Å². The molecule has 2 N–H and O–H groups in total. The molecule has 0 aliphatic carbocycles. The van der Waals surface area contributed by atoms with Crippen molar-refractivity contribution in [3.8, 4) is 11.4 Å². The van der Waals surface area contributed by atoms with Crippen LogP contribution in [0.15, 0.2) is 18.7 Å². The summed E-state index contributed by atoms with van der Waals surface area (Å²) in [7, 11) is -4.85. The van der Waals surface area contributed by atoms with Crippen LogP contribution >= 0.6 is 0 Å². The lowest BCUT2D eigenvalue weighted by Gasteiger charge is -2.44. The van der Waals surface area contributed by atoms with Crippen molar-refractivity contribution >= 4 is 41.9 Å². The van der Waals surface area contributed by atoms with Gasteiger partial charge in [-0.15, -0.1) is 0 Å². The third-order valence-corrected chi connectivity index (χ3v) is 24.3. The number of hydrogen-bond donors (Lipinski definition) is 1. The minimum atomic E-state index is -2.32. The lowest BCUT2D eigenvalue weighted by molar-refractivity contribution is -0.0470. The fraction of sp³-hybridized carbons (Fsp3) is 0.750. The second kappa shape index (κ2) is 12.2. The average molecular weight is 690 g/mol. The van der Waals surface area contributed by atoms with E-state index in [-0.39, 0.29) is 27.3 Å². The molecule has 0 radical (unpaired) electrons. The predicted molar refractivity (Wildman–Crippen MR) is 193 cm³/mol. The zero-order chi connectivity index (χ0) is 34.8. The van der Waals surface area contributed by atoms with E-state index in [9.17, 15) is 0 Å². The molecule has 14 heteroatoms. The minimum Gasteiger partial charge on any atom is -0.414 e. The lowest BCUT2D eigenvalue weighted by Crippen LogP contribution is -2.54. The molecule has 0 saturated carbocycles. The number of nitrogen functional groups attached to an aromatic ring is 1. The highest BCUT2D eigenvalue weighted by Crippen LogP contribution is 2.47. The Hall–Kier alpha value is -1.95. The molecule has 3 aromatic heterocycles. The molecule has 1 saturated heterocycles. The Bertz CT molecular complexity index is 1530. The summed E-state index contributed by atoms with van der Waals surface area (Å²) in [6.07, 6.45) is 3.62. The van der Waals surface area contributed by atoms with Crippen molar-refractivity contribution in [1.82, 2.24) is 29.3 Å². The summed E-state index contributed by atoms with van der Waals surface area (Å²) in [5.74, 6) is 0.779. The normalized spacial score (nSPS) is 22.3. The first-order valence-corrected chi connectivity index (χ1v) is 25.1. The van der Waals surface area contributed by atoms with E-state index >= 15 is 0 Å². The first-order chi connectivity index (χ1) is 20.8. The molecule has 1 aliphatic rings. The van der Waals surface area contributed by atoms with Crippen LogP contribution < -0.4 is 5.73 Å². The van der Waals surface area contributed by atoms with Gasteiger partial charge in [0.2, 0.25) is 0 Å². The molecule has 0 spiro atoms. The summed E-state index contributed by atoms with van der Waals surface area (Å²) in [5.41, 5.74) is 8.34. The maximum Gasteiger partial charge on any atom is 0.192 e. The maximum atomic E-state index is 7.33. The van der Waals surface area contributed by atoms with Crippen molar-refractivity contribution in [3.05, 3.63) is 18.7 Å². The van der Waals surface area contributed by atoms with Gasteiger partial charge in [-0.05, 0) is 54.4 Å². The molecular formula is C32H59N7O4Si3. The Kier molecular flexibility index (Phi) is 9.77. The second-order valence-corrected chi connectivity index (χ2v) is 31.8. The Morgan fingerprint density at radius 2 is 1.37 bits per heavy atom. The third kappa shape index (κ3) is 7.22. The Morgan fingerprint density at radius 1 is 0.826 bits per heavy atom. The van der Waals surface area contributed by atoms with Gasteiger partial charge in [-0.1, -0.05) is 62.3 Å². The summed E-state index contributed by atoms with van der Waals surface area (Å²) in [5, 5.41) is 4.31. The second-order valence-electron chi connectivity index (χ2n) is 17.5. The van der Waals surface area contributed by atoms with Gasteiger partial charge >= 0.3 is 0 Å². The van der Waals surface area contributed by atoms with E-state index in [2.05, 4.69) is 117 Å². The molecule has 11 nitrogen and oxygen atoms in total. The van der Waals surface area contributed by atoms with E-state index < -0.39 is 37.3 Å². The fourth-order valence-corrected chi connectivity index (χ4v) is 8.28. The zero-order valence-electron chi connectivity index (χ0n) is 31.1. The highest BCUT2D eigenvalue weighted by Gasteiger charge is 2.55. The van der Waals surface area contributed by atoms with Crippen molar-refractivity contribution < 1.29 is 18.0 Å². The van der Waals surface area contributed by atoms with Crippen LogP contribution in [0.5, 0.6) is 0 Å². The molecule has 1 aliphatic heterocycles. The van der Waals surface area contributed by atoms with E-state index in [4.69, 9.17) is 28.7 Å². The largest absolute Gasteiger partial charge is 0.414 e. The highest BCUT2D eigenvalue weighted by atomic mass is 28.4. The van der Waals surface area contributed by atoms with Crippen LogP contribution in [0.3, 0.4) is 0 Å². The highest BCUT2D eigenvalue weighted by molar-refractivity contribution is 6.75. The summed E-state index contributed by atoms with van der Waals surface area (Å²) in [4.78, 5) is 14.2. The summed E-state index contributed by atoms with van der Waals surface area (Å²) in [6.45, 7) is 34.4. The number of imidazole rings is 1. The van der Waals surface area contributed by atoms with Crippen LogP contribution in [-0.2, 0) is 25.1 Å². The molecule has 0 amide bonds. The zero-order valence-corrected chi connectivity index (χ0v) is 34.1. The summed E-state index contributed by atoms with van der Waals surface area (Å²) < 4.78 is 32.2. The number of hydrogen-bond acceptors (Lipinski definition) is 9. The van der Waals surface area contributed by atoms with E-state index in [0.717, 1.165) is 5.56 Å². The van der Waals surface area contributed by atoms with E-state index in [1.807, 2.05) is 17.8 Å². The van der Waals surface area contributed by atoms with Gasteiger partial charge in [-0.25, -0.2) is 15.0 Å². The predicted octanol–water partition coefficient (Wildman–Crippen LogP) is 7.51. The van der Waals surface area contributed by atoms with E-state index in [0.29, 0.717) is 29.4 Å². The number of fused-ring (bicyclic) bond motifs is 1. The molecule has 1 unspecified atom stereocenters. The number of nitrogens with two attached hydrogens (primary N) is 1. The summed E-state index contributed by atoms with van der Waals surface area (Å²) in [6, 6.07) is 0. The number of anilines is 1. The van der Waals surface area contributed by atoms with Crippen molar-refractivity contribution in [1.29, 1.82) is 0 Å². The summed E-state index contributed by atoms with van der Waals surface area (Å²) >= 11 is 0. The monoisotopic (exact) mass is 689 g/mol. The van der Waals surface area contributed by atoms with Crippen LogP contribution in [0.4, 0.5) is 5.82 Å². The lowest BCUT2D eigenvalue weighted by atomic mass is 10.1. The number of rotatable bonds is 9. The molecule has 4 rings (SSSR count). The van der Waals surface area contributed by atoms with Gasteiger partial charge in [0.05, 0.1) is 24.7 Å². The molecule has 4 heterocycles. The molecule has 1 fully saturated rings. The molecule has 258 valence electrons. The number of aromatic nitrogens is 6. The van der Waals surface area contributed by atoms with Crippen LogP contribution in [-0.4, -0.2) is 79.2 Å². The fourth-order valence-electron chi connectivity index (χ4n) is 4.67. The van der Waals surface area contributed by atoms with Crippen molar-refractivity contribution in [2.24, 2.45) is 7.05 Å². The number of aryl methyl sites for hydroxylation is 1. The van der Waals surface area contributed by atoms with Gasteiger partial charge in [0.1, 0.15) is 23.8 Å². The van der Waals surface area contributed by atoms with Gasteiger partial charge < -0.3 is 23.7 Å². The molecule has 3 aromatic rings. The van der Waals surface area contributed by atoms with Gasteiger partial charge in [0.15, 0.2) is 48.5 Å². The van der Waals surface area contributed by atoms with Crippen molar-refractivity contribution in [2.75, 3.05) is 12.3 Å². The standard InChI is InChI=1S/C32H59N7O4Si3/c1-30(2,3)44(11,12)40-19-22-24(42-45(13,14)31(4,5)6)25(43-46(15,16)32(7,8)9)29(41-22)39-20-34-23-26(33)36-27(37-28(23)39)21-17-35-38(10)18-21/h17-18,20,22,24-25,29H,19H2,1-16H3,(H2,33,36,37)/t22-,24-,25-,29?/m1/s1. The molecule has 0 aromatic carbocycles. The van der Waals surface area contributed by atoms with Crippen molar-refractivity contribution in [2.45, 2.75) is 141 Å². The topological polar surface area (TPSA) is 124 Å². The Labute approximate surface area is 279 Å². The Balaban J connectivity index is 1.88.